The first-order chi connectivity index (χ1) is 9.15. The molecule has 0 saturated heterocycles. The van der Waals surface area contributed by atoms with E-state index in [1.165, 1.54) is 25.7 Å². The van der Waals surface area contributed by atoms with Crippen LogP contribution in [0.1, 0.15) is 41.6 Å². The van der Waals surface area contributed by atoms with Gasteiger partial charge in [0.25, 0.3) is 5.91 Å². The summed E-state index contributed by atoms with van der Waals surface area (Å²) in [7, 11) is 0. The number of aryl methyl sites for hydroxylation is 1. The van der Waals surface area contributed by atoms with Crippen LogP contribution in [0.2, 0.25) is 0 Å². The SMILES string of the molecule is Cc1ccc(C(=O)NCC(C2CC2)C2CC2)c(Br)c1. The minimum atomic E-state index is 0.0539. The van der Waals surface area contributed by atoms with Crippen LogP contribution in [0, 0.1) is 24.7 Å². The van der Waals surface area contributed by atoms with Crippen LogP contribution in [0.3, 0.4) is 0 Å². The predicted molar refractivity (Wildman–Crippen MR) is 80.2 cm³/mol. The molecular weight excluding hydrogens is 302 g/mol. The smallest absolute Gasteiger partial charge is 0.252 e. The van der Waals surface area contributed by atoms with E-state index in [4.69, 9.17) is 0 Å². The van der Waals surface area contributed by atoms with Crippen molar-refractivity contribution in [1.82, 2.24) is 5.32 Å². The molecule has 3 rings (SSSR count). The first kappa shape index (κ1) is 13.2. The third-order valence-electron chi connectivity index (χ3n) is 4.32. The zero-order valence-corrected chi connectivity index (χ0v) is 12.9. The van der Waals surface area contributed by atoms with Crippen molar-refractivity contribution in [3.8, 4) is 0 Å². The second kappa shape index (κ2) is 5.28. The van der Waals surface area contributed by atoms with Gasteiger partial charge in [0.05, 0.1) is 5.56 Å². The third-order valence-corrected chi connectivity index (χ3v) is 4.98. The first-order valence-electron chi connectivity index (χ1n) is 7.19. The summed E-state index contributed by atoms with van der Waals surface area (Å²) < 4.78 is 0.888. The van der Waals surface area contributed by atoms with Crippen LogP contribution >= 0.6 is 15.9 Å². The third kappa shape index (κ3) is 3.19. The molecule has 102 valence electrons. The Morgan fingerprint density at radius 3 is 2.47 bits per heavy atom. The number of hydrogen-bond donors (Lipinski definition) is 1. The second-order valence-electron chi connectivity index (χ2n) is 6.03. The topological polar surface area (TPSA) is 29.1 Å². The molecule has 0 bridgehead atoms. The summed E-state index contributed by atoms with van der Waals surface area (Å²) in [5, 5.41) is 3.13. The maximum Gasteiger partial charge on any atom is 0.252 e. The maximum absolute atomic E-state index is 12.2. The Bertz CT molecular complexity index is 480. The van der Waals surface area contributed by atoms with Gasteiger partial charge < -0.3 is 5.32 Å². The lowest BCUT2D eigenvalue weighted by Gasteiger charge is -2.16. The lowest BCUT2D eigenvalue weighted by molar-refractivity contribution is 0.0942. The highest BCUT2D eigenvalue weighted by molar-refractivity contribution is 9.10. The molecule has 2 fully saturated rings. The van der Waals surface area contributed by atoms with Gasteiger partial charge in [-0.15, -0.1) is 0 Å². The molecule has 19 heavy (non-hydrogen) atoms. The molecule has 0 atom stereocenters. The van der Waals surface area contributed by atoms with E-state index in [1.807, 2.05) is 25.1 Å². The summed E-state index contributed by atoms with van der Waals surface area (Å²) in [5.74, 6) is 2.55. The number of amides is 1. The predicted octanol–water partition coefficient (Wildman–Crippen LogP) is 3.92. The Hall–Kier alpha value is -0.830. The Kier molecular flexibility index (Phi) is 3.66. The number of carbonyl (C=O) groups is 1. The van der Waals surface area contributed by atoms with Gasteiger partial charge in [0.2, 0.25) is 0 Å². The number of nitrogens with one attached hydrogen (secondary N) is 1. The molecule has 0 spiro atoms. The minimum absolute atomic E-state index is 0.0539. The van der Waals surface area contributed by atoms with Crippen LogP contribution in [-0.4, -0.2) is 12.5 Å². The molecule has 1 aromatic carbocycles. The second-order valence-corrected chi connectivity index (χ2v) is 6.89. The molecule has 2 aliphatic rings. The fourth-order valence-corrected chi connectivity index (χ4v) is 3.55. The normalized spacial score (nSPS) is 18.7. The molecule has 0 aromatic heterocycles. The van der Waals surface area contributed by atoms with E-state index in [-0.39, 0.29) is 5.91 Å². The Labute approximate surface area is 123 Å². The van der Waals surface area contributed by atoms with Gasteiger partial charge in [0.1, 0.15) is 0 Å². The Morgan fingerprint density at radius 1 is 1.32 bits per heavy atom. The van der Waals surface area contributed by atoms with Crippen LogP contribution in [0.5, 0.6) is 0 Å². The van der Waals surface area contributed by atoms with E-state index < -0.39 is 0 Å². The molecule has 0 heterocycles. The summed E-state index contributed by atoms with van der Waals surface area (Å²) in [4.78, 5) is 12.2. The van der Waals surface area contributed by atoms with Crippen LogP contribution in [0.4, 0.5) is 0 Å². The molecule has 0 unspecified atom stereocenters. The largest absolute Gasteiger partial charge is 0.352 e. The van der Waals surface area contributed by atoms with Gasteiger partial charge in [0.15, 0.2) is 0 Å². The van der Waals surface area contributed by atoms with Gasteiger partial charge >= 0.3 is 0 Å². The average molecular weight is 322 g/mol. The van der Waals surface area contributed by atoms with E-state index in [2.05, 4.69) is 21.2 Å². The van der Waals surface area contributed by atoms with Gasteiger partial charge in [-0.1, -0.05) is 6.07 Å². The van der Waals surface area contributed by atoms with E-state index in [0.29, 0.717) is 0 Å². The van der Waals surface area contributed by atoms with Gasteiger partial charge in [-0.25, -0.2) is 0 Å². The summed E-state index contributed by atoms with van der Waals surface area (Å²) in [5.41, 5.74) is 1.91. The molecule has 0 aliphatic heterocycles. The molecule has 1 N–H and O–H groups in total. The van der Waals surface area contributed by atoms with E-state index in [0.717, 1.165) is 39.9 Å². The number of benzene rings is 1. The fourth-order valence-electron chi connectivity index (χ4n) is 2.88. The van der Waals surface area contributed by atoms with Crippen molar-refractivity contribution in [2.24, 2.45) is 17.8 Å². The quantitative estimate of drug-likeness (QED) is 0.874. The average Bonchev–Trinajstić information content (AvgIpc) is 3.23. The van der Waals surface area contributed by atoms with Gasteiger partial charge in [-0.3, -0.25) is 4.79 Å². The van der Waals surface area contributed by atoms with Gasteiger partial charge in [-0.05, 0) is 84.0 Å². The van der Waals surface area contributed by atoms with Crippen molar-refractivity contribution in [3.63, 3.8) is 0 Å². The number of hydrogen-bond acceptors (Lipinski definition) is 1. The van der Waals surface area contributed by atoms with Crippen molar-refractivity contribution in [3.05, 3.63) is 33.8 Å². The highest BCUT2D eigenvalue weighted by Gasteiger charge is 2.41. The first-order valence-corrected chi connectivity index (χ1v) is 7.99. The molecular formula is C16H20BrNO. The summed E-state index contributed by atoms with van der Waals surface area (Å²) in [6.07, 6.45) is 5.47. The van der Waals surface area contributed by atoms with E-state index >= 15 is 0 Å². The van der Waals surface area contributed by atoms with Crippen molar-refractivity contribution in [2.75, 3.05) is 6.54 Å². The number of carbonyl (C=O) groups excluding carboxylic acids is 1. The maximum atomic E-state index is 12.2. The van der Waals surface area contributed by atoms with E-state index in [1.54, 1.807) is 0 Å². The summed E-state index contributed by atoms with van der Waals surface area (Å²) >= 11 is 3.48. The molecule has 0 radical (unpaired) electrons. The number of rotatable bonds is 5. The zero-order chi connectivity index (χ0) is 13.4. The fraction of sp³-hybridized carbons (Fsp3) is 0.562. The van der Waals surface area contributed by atoms with Crippen molar-refractivity contribution >= 4 is 21.8 Å². The molecule has 1 aromatic rings. The zero-order valence-electron chi connectivity index (χ0n) is 11.3. The van der Waals surface area contributed by atoms with Crippen molar-refractivity contribution in [1.29, 1.82) is 0 Å². The lowest BCUT2D eigenvalue weighted by atomic mass is 9.98. The molecule has 2 saturated carbocycles. The Balaban J connectivity index is 1.61. The van der Waals surface area contributed by atoms with Crippen molar-refractivity contribution < 1.29 is 4.79 Å². The van der Waals surface area contributed by atoms with Crippen LogP contribution in [0.25, 0.3) is 0 Å². The molecule has 3 heteroatoms. The highest BCUT2D eigenvalue weighted by Crippen LogP contribution is 2.48. The molecule has 2 aliphatic carbocycles. The monoisotopic (exact) mass is 321 g/mol. The van der Waals surface area contributed by atoms with Crippen molar-refractivity contribution in [2.45, 2.75) is 32.6 Å². The van der Waals surface area contributed by atoms with E-state index in [9.17, 15) is 4.79 Å². The van der Waals surface area contributed by atoms with Crippen LogP contribution in [0.15, 0.2) is 22.7 Å². The highest BCUT2D eigenvalue weighted by atomic mass is 79.9. The number of halogens is 1. The molecule has 1 amide bonds. The van der Waals surface area contributed by atoms with Crippen LogP contribution in [-0.2, 0) is 0 Å². The van der Waals surface area contributed by atoms with Crippen LogP contribution < -0.4 is 5.32 Å². The van der Waals surface area contributed by atoms with Gasteiger partial charge in [-0.2, -0.15) is 0 Å². The van der Waals surface area contributed by atoms with Gasteiger partial charge in [0, 0.05) is 11.0 Å². The Morgan fingerprint density at radius 2 is 1.95 bits per heavy atom. The minimum Gasteiger partial charge on any atom is -0.352 e. The summed E-state index contributed by atoms with van der Waals surface area (Å²) in [6.45, 7) is 2.89. The standard InChI is InChI=1S/C16H20BrNO/c1-10-2-7-13(15(17)8-10)16(19)18-9-14(11-3-4-11)12-5-6-12/h2,7-8,11-12,14H,3-6,9H2,1H3,(H,18,19). The molecule has 2 nitrogen and oxygen atoms in total. The summed E-state index contributed by atoms with van der Waals surface area (Å²) in [6, 6.07) is 5.88. The lowest BCUT2D eigenvalue weighted by Crippen LogP contribution is -2.31.